The van der Waals surface area contributed by atoms with Crippen LogP contribution >= 0.6 is 39.5 Å². The van der Waals surface area contributed by atoms with Crippen molar-refractivity contribution in [2.24, 2.45) is 0 Å². The number of benzene rings is 1. The van der Waals surface area contributed by atoms with Gasteiger partial charge in [-0.2, -0.15) is 0 Å². The van der Waals surface area contributed by atoms with Crippen molar-refractivity contribution >= 4 is 50.5 Å². The summed E-state index contributed by atoms with van der Waals surface area (Å²) in [5.41, 5.74) is 2.16. The molecule has 0 aliphatic carbocycles. The molecule has 0 bridgehead atoms. The minimum atomic E-state index is 0.141. The van der Waals surface area contributed by atoms with Crippen LogP contribution in [0.25, 0.3) is 11.0 Å². The van der Waals surface area contributed by atoms with Gasteiger partial charge in [-0.3, -0.25) is 0 Å². The number of aromatic nitrogens is 3. The maximum atomic E-state index is 5.48. The highest BCUT2D eigenvalue weighted by Gasteiger charge is 2.16. The summed E-state index contributed by atoms with van der Waals surface area (Å²) in [6, 6.07) is 6.31. The molecule has 1 unspecified atom stereocenters. The number of rotatable bonds is 3. The van der Waals surface area contributed by atoms with Crippen molar-refractivity contribution in [1.29, 1.82) is 0 Å². The summed E-state index contributed by atoms with van der Waals surface area (Å²) in [5.74, 6) is 0. The van der Waals surface area contributed by atoms with Gasteiger partial charge in [0.1, 0.15) is 5.01 Å². The summed E-state index contributed by atoms with van der Waals surface area (Å²) in [6.07, 6.45) is 2.99. The van der Waals surface area contributed by atoms with E-state index in [4.69, 9.17) is 12.2 Å². The summed E-state index contributed by atoms with van der Waals surface area (Å²) >= 11 is 10.7. The van der Waals surface area contributed by atoms with E-state index < -0.39 is 0 Å². The van der Waals surface area contributed by atoms with Gasteiger partial charge in [-0.05, 0) is 43.8 Å². The van der Waals surface area contributed by atoms with E-state index in [2.05, 4.69) is 50.4 Å². The van der Waals surface area contributed by atoms with Crippen LogP contribution in [0.4, 0.5) is 0 Å². The molecule has 6 heteroatoms. The van der Waals surface area contributed by atoms with Crippen LogP contribution in [-0.4, -0.2) is 14.5 Å². The lowest BCUT2D eigenvalue weighted by Crippen LogP contribution is -2.06. The second-order valence-corrected chi connectivity index (χ2v) is 7.11. The molecule has 3 nitrogen and oxygen atoms in total. The van der Waals surface area contributed by atoms with E-state index in [-0.39, 0.29) is 6.04 Å². The molecule has 3 aromatic rings. The average Bonchev–Trinajstić information content (AvgIpc) is 3.01. The van der Waals surface area contributed by atoms with Gasteiger partial charge < -0.3 is 9.55 Å². The molecule has 0 saturated heterocycles. The zero-order valence-corrected chi connectivity index (χ0v) is 14.4. The van der Waals surface area contributed by atoms with Gasteiger partial charge in [0.15, 0.2) is 4.77 Å². The molecule has 2 heterocycles. The van der Waals surface area contributed by atoms with Crippen LogP contribution in [0.5, 0.6) is 0 Å². The molecule has 20 heavy (non-hydrogen) atoms. The Morgan fingerprint density at radius 2 is 2.30 bits per heavy atom. The van der Waals surface area contributed by atoms with Crippen molar-refractivity contribution < 1.29 is 0 Å². The molecule has 0 amide bonds. The Morgan fingerprint density at radius 3 is 3.00 bits per heavy atom. The summed E-state index contributed by atoms with van der Waals surface area (Å²) < 4.78 is 3.91. The Bertz CT molecular complexity index is 815. The van der Waals surface area contributed by atoms with Crippen LogP contribution < -0.4 is 0 Å². The van der Waals surface area contributed by atoms with Gasteiger partial charge in [0, 0.05) is 15.5 Å². The first-order valence-electron chi connectivity index (χ1n) is 6.44. The Balaban J connectivity index is 2.13. The second-order valence-electron chi connectivity index (χ2n) is 4.66. The highest BCUT2D eigenvalue weighted by molar-refractivity contribution is 9.10. The molecule has 1 aromatic carbocycles. The van der Waals surface area contributed by atoms with Crippen LogP contribution in [0.2, 0.25) is 0 Å². The van der Waals surface area contributed by atoms with E-state index in [0.717, 1.165) is 31.7 Å². The summed E-state index contributed by atoms with van der Waals surface area (Å²) in [5, 5.41) is 1.10. The fraction of sp³-hybridized carbons (Fsp3) is 0.286. The largest absolute Gasteiger partial charge is 0.331 e. The van der Waals surface area contributed by atoms with Crippen molar-refractivity contribution in [2.75, 3.05) is 0 Å². The molecular formula is C14H14BrN3S2. The summed E-state index contributed by atoms with van der Waals surface area (Å²) in [4.78, 5) is 9.11. The van der Waals surface area contributed by atoms with Crippen molar-refractivity contribution in [3.8, 4) is 0 Å². The molecule has 2 aromatic heterocycles. The first kappa shape index (κ1) is 14.0. The van der Waals surface area contributed by atoms with E-state index in [1.54, 1.807) is 11.3 Å². The van der Waals surface area contributed by atoms with Crippen molar-refractivity contribution in [3.05, 3.63) is 43.5 Å². The predicted octanol–water partition coefficient (Wildman–Crippen LogP) is 5.09. The molecule has 104 valence electrons. The molecule has 0 aliphatic rings. The molecule has 1 atom stereocenters. The summed E-state index contributed by atoms with van der Waals surface area (Å²) in [7, 11) is 0. The van der Waals surface area contributed by atoms with Crippen LogP contribution in [0.1, 0.15) is 29.8 Å². The number of hydrogen-bond acceptors (Lipinski definition) is 3. The van der Waals surface area contributed by atoms with Gasteiger partial charge in [0.05, 0.1) is 17.1 Å². The Hall–Kier alpha value is -0.980. The number of H-pyrrole nitrogens is 1. The van der Waals surface area contributed by atoms with E-state index >= 15 is 0 Å². The van der Waals surface area contributed by atoms with E-state index in [1.807, 2.05) is 18.3 Å². The number of aryl methyl sites for hydroxylation is 1. The lowest BCUT2D eigenvalue weighted by Gasteiger charge is -2.11. The van der Waals surface area contributed by atoms with Gasteiger partial charge >= 0.3 is 0 Å². The second kappa shape index (κ2) is 5.42. The van der Waals surface area contributed by atoms with Crippen LogP contribution in [0.3, 0.4) is 0 Å². The molecule has 0 radical (unpaired) electrons. The molecule has 0 aliphatic heterocycles. The van der Waals surface area contributed by atoms with Gasteiger partial charge in [0.25, 0.3) is 0 Å². The van der Waals surface area contributed by atoms with Gasteiger partial charge in [0.2, 0.25) is 0 Å². The SMILES string of the molecule is CCc1cnc(C(C)n2c(=S)[nH]c3cc(Br)ccc32)s1. The number of aromatic amines is 1. The third kappa shape index (κ3) is 2.36. The third-order valence-electron chi connectivity index (χ3n) is 3.34. The number of nitrogens with one attached hydrogen (secondary N) is 1. The Labute approximate surface area is 134 Å². The van der Waals surface area contributed by atoms with Gasteiger partial charge in [-0.25, -0.2) is 4.98 Å². The van der Waals surface area contributed by atoms with E-state index in [0.29, 0.717) is 0 Å². The van der Waals surface area contributed by atoms with E-state index in [1.165, 1.54) is 4.88 Å². The standard InChI is InChI=1S/C14H14BrN3S2/c1-3-10-7-16-13(20-10)8(2)18-12-5-4-9(15)6-11(12)17-14(18)19/h4-8H,3H2,1-2H3,(H,17,19). The fourth-order valence-electron chi connectivity index (χ4n) is 2.28. The van der Waals surface area contributed by atoms with Gasteiger partial charge in [-0.15, -0.1) is 11.3 Å². The maximum Gasteiger partial charge on any atom is 0.178 e. The molecule has 1 N–H and O–H groups in total. The van der Waals surface area contributed by atoms with Crippen molar-refractivity contribution in [1.82, 2.24) is 14.5 Å². The summed E-state index contributed by atoms with van der Waals surface area (Å²) in [6.45, 7) is 4.29. The number of nitrogens with zero attached hydrogens (tertiary/aromatic N) is 2. The average molecular weight is 368 g/mol. The number of hydrogen-bond donors (Lipinski definition) is 1. The molecule has 0 saturated carbocycles. The topological polar surface area (TPSA) is 33.6 Å². The fourth-order valence-corrected chi connectivity index (χ4v) is 3.90. The van der Waals surface area contributed by atoms with Crippen LogP contribution in [0.15, 0.2) is 28.9 Å². The quantitative estimate of drug-likeness (QED) is 0.654. The Morgan fingerprint density at radius 1 is 1.50 bits per heavy atom. The molecular weight excluding hydrogens is 354 g/mol. The zero-order valence-electron chi connectivity index (χ0n) is 11.2. The first-order chi connectivity index (χ1) is 9.60. The smallest absolute Gasteiger partial charge is 0.178 e. The molecule has 0 fully saturated rings. The van der Waals surface area contributed by atoms with Crippen molar-refractivity contribution in [3.63, 3.8) is 0 Å². The lowest BCUT2D eigenvalue weighted by atomic mass is 10.3. The van der Waals surface area contributed by atoms with Crippen molar-refractivity contribution in [2.45, 2.75) is 26.3 Å². The highest BCUT2D eigenvalue weighted by Crippen LogP contribution is 2.28. The number of fused-ring (bicyclic) bond motifs is 1. The monoisotopic (exact) mass is 367 g/mol. The number of thiazole rings is 1. The molecule has 3 rings (SSSR count). The lowest BCUT2D eigenvalue weighted by molar-refractivity contribution is 0.644. The van der Waals surface area contributed by atoms with Gasteiger partial charge in [-0.1, -0.05) is 22.9 Å². The molecule has 0 spiro atoms. The minimum Gasteiger partial charge on any atom is -0.331 e. The first-order valence-corrected chi connectivity index (χ1v) is 8.46. The maximum absolute atomic E-state index is 5.48. The Kier molecular flexibility index (Phi) is 3.79. The highest BCUT2D eigenvalue weighted by atomic mass is 79.9. The number of imidazole rings is 1. The predicted molar refractivity (Wildman–Crippen MR) is 90.1 cm³/mol. The third-order valence-corrected chi connectivity index (χ3v) is 5.45. The zero-order chi connectivity index (χ0) is 14.3. The minimum absolute atomic E-state index is 0.141. The van der Waals surface area contributed by atoms with Crippen LogP contribution in [0, 0.1) is 4.77 Å². The van der Waals surface area contributed by atoms with Crippen LogP contribution in [-0.2, 0) is 6.42 Å². The normalized spacial score (nSPS) is 12.9. The van der Waals surface area contributed by atoms with E-state index in [9.17, 15) is 0 Å². The number of halogens is 1.